The molecule has 1 aliphatic heterocycles. The van der Waals surface area contributed by atoms with Gasteiger partial charge in [0.05, 0.1) is 19.0 Å². The van der Waals surface area contributed by atoms with E-state index in [1.54, 1.807) is 10.9 Å². The Morgan fingerprint density at radius 3 is 3.00 bits per heavy atom. The van der Waals surface area contributed by atoms with Crippen LogP contribution in [-0.4, -0.2) is 48.5 Å². The van der Waals surface area contributed by atoms with Gasteiger partial charge in [-0.05, 0) is 0 Å². The molecule has 0 saturated carbocycles. The van der Waals surface area contributed by atoms with Gasteiger partial charge in [-0.1, -0.05) is 0 Å². The van der Waals surface area contributed by atoms with Crippen molar-refractivity contribution in [1.82, 2.24) is 19.5 Å². The van der Waals surface area contributed by atoms with Gasteiger partial charge in [-0.25, -0.2) is 15.0 Å². The van der Waals surface area contributed by atoms with Gasteiger partial charge in [-0.2, -0.15) is 0 Å². The second-order valence-electron chi connectivity index (χ2n) is 4.20. The third-order valence-electron chi connectivity index (χ3n) is 3.08. The van der Waals surface area contributed by atoms with Crippen LogP contribution in [0.2, 0.25) is 0 Å². The normalized spacial score (nSPS) is 28.0. The summed E-state index contributed by atoms with van der Waals surface area (Å²) >= 11 is 0. The van der Waals surface area contributed by atoms with E-state index in [4.69, 9.17) is 15.6 Å². The minimum Gasteiger partial charge on any atom is -0.394 e. The van der Waals surface area contributed by atoms with Crippen molar-refractivity contribution in [2.24, 2.45) is 0 Å². The molecule has 0 aliphatic carbocycles. The Morgan fingerprint density at radius 2 is 2.28 bits per heavy atom. The van der Waals surface area contributed by atoms with Crippen molar-refractivity contribution in [3.8, 4) is 0 Å². The molecular formula is C10H13N5O3. The first-order valence-electron chi connectivity index (χ1n) is 5.58. The predicted molar refractivity (Wildman–Crippen MR) is 61.4 cm³/mol. The maximum atomic E-state index is 9.71. The standard InChI is InChI=1S/C10H13N5O3/c11-9-8-10(13-3-12-9)15(4-14-8)7-1-5(17)6(2-16)18-7/h3-7,16-17H,1-2H2,(H2,11,12,13)/i1+1,2+1,5+1,6+1,7+1. The second-order valence-corrected chi connectivity index (χ2v) is 4.20. The maximum Gasteiger partial charge on any atom is 0.167 e. The van der Waals surface area contributed by atoms with E-state index < -0.39 is 18.4 Å². The number of nitrogens with zero attached hydrogens (tertiary/aromatic N) is 4. The quantitative estimate of drug-likeness (QED) is 0.592. The number of rotatable bonds is 2. The van der Waals surface area contributed by atoms with Gasteiger partial charge in [0.2, 0.25) is 0 Å². The third-order valence-corrected chi connectivity index (χ3v) is 3.08. The molecule has 1 saturated heterocycles. The summed E-state index contributed by atoms with van der Waals surface area (Å²) in [5.41, 5.74) is 6.75. The fourth-order valence-electron chi connectivity index (χ4n) is 2.13. The van der Waals surface area contributed by atoms with Crippen LogP contribution in [0.15, 0.2) is 12.7 Å². The zero-order chi connectivity index (χ0) is 12.7. The molecule has 3 rings (SSSR count). The van der Waals surface area contributed by atoms with Gasteiger partial charge < -0.3 is 20.7 Å². The van der Waals surface area contributed by atoms with Gasteiger partial charge in [-0.3, -0.25) is 4.57 Å². The van der Waals surface area contributed by atoms with Crippen LogP contribution in [0.5, 0.6) is 0 Å². The highest BCUT2D eigenvalue weighted by Crippen LogP contribution is 2.30. The van der Waals surface area contributed by atoms with Crippen LogP contribution >= 0.6 is 0 Å². The summed E-state index contributed by atoms with van der Waals surface area (Å²) in [5.74, 6) is 0.302. The van der Waals surface area contributed by atoms with Crippen molar-refractivity contribution in [2.75, 3.05) is 12.3 Å². The van der Waals surface area contributed by atoms with Crippen LogP contribution in [0.25, 0.3) is 11.2 Å². The van der Waals surface area contributed by atoms with E-state index in [9.17, 15) is 5.11 Å². The lowest BCUT2D eigenvalue weighted by molar-refractivity contribution is -0.0432. The molecule has 8 heteroatoms. The van der Waals surface area contributed by atoms with Crippen LogP contribution in [0.1, 0.15) is 12.6 Å². The van der Waals surface area contributed by atoms with Gasteiger partial charge in [0.15, 0.2) is 11.5 Å². The van der Waals surface area contributed by atoms with Crippen molar-refractivity contribution >= 4 is 17.0 Å². The Balaban J connectivity index is 1.99. The Morgan fingerprint density at radius 1 is 1.44 bits per heavy atom. The summed E-state index contributed by atoms with van der Waals surface area (Å²) in [6.07, 6.45) is 1.60. The van der Waals surface area contributed by atoms with E-state index in [1.165, 1.54) is 6.33 Å². The molecule has 2 aromatic rings. The van der Waals surface area contributed by atoms with Gasteiger partial charge >= 0.3 is 0 Å². The SMILES string of the molecule is Nc1ncnc2c1ncn2[13CH]1[13CH2][13CH](O)[13CH]([13CH2]O)O1. The fourth-order valence-corrected chi connectivity index (χ4v) is 2.13. The fraction of sp³-hybridized carbons (Fsp3) is 0.500. The number of nitrogens with two attached hydrogens (primary N) is 1. The number of aromatic nitrogens is 4. The van der Waals surface area contributed by atoms with E-state index in [2.05, 4.69) is 15.0 Å². The average Bonchev–Trinajstić information content (AvgIpc) is 2.93. The smallest absolute Gasteiger partial charge is 0.167 e. The Kier molecular flexibility index (Phi) is 2.62. The molecule has 1 aliphatic rings. The van der Waals surface area contributed by atoms with Crippen molar-refractivity contribution in [3.63, 3.8) is 0 Å². The number of imidazole rings is 1. The molecular weight excluding hydrogens is 243 g/mol. The summed E-state index contributed by atoms with van der Waals surface area (Å²) < 4.78 is 7.22. The first-order valence-corrected chi connectivity index (χ1v) is 5.58. The molecule has 3 unspecified atom stereocenters. The molecule has 2 aromatic heterocycles. The number of nitrogen functional groups attached to an aromatic ring is 1. The summed E-state index contributed by atoms with van der Waals surface area (Å²) in [7, 11) is 0. The number of ether oxygens (including phenoxy) is 1. The van der Waals surface area contributed by atoms with Crippen LogP contribution < -0.4 is 5.73 Å². The summed E-state index contributed by atoms with van der Waals surface area (Å²) in [6.45, 7) is -0.221. The molecule has 0 bridgehead atoms. The number of fused-ring (bicyclic) bond motifs is 1. The van der Waals surface area contributed by atoms with Gasteiger partial charge in [0.25, 0.3) is 0 Å². The van der Waals surface area contributed by atoms with Gasteiger partial charge in [0.1, 0.15) is 24.2 Å². The first kappa shape index (κ1) is 11.3. The van der Waals surface area contributed by atoms with E-state index in [0.29, 0.717) is 23.4 Å². The molecule has 0 aromatic carbocycles. The Hall–Kier alpha value is -1.77. The highest BCUT2D eigenvalue weighted by molar-refractivity contribution is 5.81. The molecule has 18 heavy (non-hydrogen) atoms. The first-order chi connectivity index (χ1) is 8.70. The Labute approximate surface area is 102 Å². The van der Waals surface area contributed by atoms with E-state index in [-0.39, 0.29) is 6.61 Å². The average molecular weight is 256 g/mol. The molecule has 96 valence electrons. The van der Waals surface area contributed by atoms with E-state index >= 15 is 0 Å². The minimum absolute atomic E-state index is 0.221. The van der Waals surface area contributed by atoms with Crippen LogP contribution in [0.4, 0.5) is 5.82 Å². The van der Waals surface area contributed by atoms with Crippen molar-refractivity contribution in [3.05, 3.63) is 12.7 Å². The minimum atomic E-state index is -0.698. The zero-order valence-electron chi connectivity index (χ0n) is 9.47. The lowest BCUT2D eigenvalue weighted by Gasteiger charge is -2.13. The van der Waals surface area contributed by atoms with Crippen LogP contribution in [-0.2, 0) is 4.74 Å². The zero-order valence-corrected chi connectivity index (χ0v) is 9.47. The second kappa shape index (κ2) is 4.16. The van der Waals surface area contributed by atoms with Crippen molar-refractivity contribution in [1.29, 1.82) is 0 Å². The van der Waals surface area contributed by atoms with Crippen LogP contribution in [0.3, 0.4) is 0 Å². The number of aliphatic hydroxyl groups excluding tert-OH is 2. The molecule has 1 fully saturated rings. The number of aliphatic hydroxyl groups is 2. The monoisotopic (exact) mass is 256 g/mol. The molecule has 4 N–H and O–H groups in total. The number of hydrogen-bond donors (Lipinski definition) is 3. The molecule has 0 spiro atoms. The summed E-state index contributed by atoms with van der Waals surface area (Å²) in [4.78, 5) is 12.1. The summed E-state index contributed by atoms with van der Waals surface area (Å²) in [5, 5.41) is 18.8. The van der Waals surface area contributed by atoms with Crippen molar-refractivity contribution in [2.45, 2.75) is 24.9 Å². The van der Waals surface area contributed by atoms with Crippen LogP contribution in [0, 0.1) is 0 Å². The van der Waals surface area contributed by atoms with Gasteiger partial charge in [-0.15, -0.1) is 0 Å². The lowest BCUT2D eigenvalue weighted by Crippen LogP contribution is -2.24. The predicted octanol–water partition coefficient (Wildman–Crippen LogP) is -0.951. The van der Waals surface area contributed by atoms with Crippen molar-refractivity contribution < 1.29 is 14.9 Å². The molecule has 8 nitrogen and oxygen atoms in total. The largest absolute Gasteiger partial charge is 0.394 e. The van der Waals surface area contributed by atoms with E-state index in [1.807, 2.05) is 0 Å². The molecule has 0 radical (unpaired) electrons. The van der Waals surface area contributed by atoms with E-state index in [0.717, 1.165) is 0 Å². The summed E-state index contributed by atoms with van der Waals surface area (Å²) in [6, 6.07) is 0. The molecule has 3 heterocycles. The number of anilines is 1. The highest BCUT2D eigenvalue weighted by atomic mass is 16.7. The number of hydrogen-bond acceptors (Lipinski definition) is 7. The lowest BCUT2D eigenvalue weighted by atomic mass is 10.5. The Bertz CT molecular complexity index is 572. The maximum absolute atomic E-state index is 9.71. The highest BCUT2D eigenvalue weighted by Gasteiger charge is 2.35. The van der Waals surface area contributed by atoms with Gasteiger partial charge in [0, 0.05) is 6.42 Å². The topological polar surface area (TPSA) is 119 Å². The molecule has 0 amide bonds. The third kappa shape index (κ3) is 1.62. The molecule has 3 atom stereocenters.